The van der Waals surface area contributed by atoms with Crippen LogP contribution in [0.1, 0.15) is 13.8 Å². The molecule has 0 unspecified atom stereocenters. The van der Waals surface area contributed by atoms with Crippen LogP contribution in [0, 0.1) is 0 Å². The molecule has 0 fully saturated rings. The highest BCUT2D eigenvalue weighted by Crippen LogP contribution is 1.93. The maximum absolute atomic E-state index is 9.96. The van der Waals surface area contributed by atoms with Crippen LogP contribution in [0.2, 0.25) is 0 Å². The Bertz CT molecular complexity index is 133. The molecule has 3 N–H and O–H groups in total. The van der Waals surface area contributed by atoms with Crippen LogP contribution in [-0.2, 0) is 4.79 Å². The number of hydrogen-bond donors (Lipinski definition) is 2. The van der Waals surface area contributed by atoms with E-state index in [0.717, 1.165) is 0 Å². The molecule has 0 amide bonds. The quantitative estimate of drug-likeness (QED) is 0.484. The van der Waals surface area contributed by atoms with Crippen molar-refractivity contribution in [3.8, 4) is 0 Å². The Morgan fingerprint density at radius 1 is 1.50 bits per heavy atom. The summed E-state index contributed by atoms with van der Waals surface area (Å²) in [5.41, 5.74) is 5.61. The second kappa shape index (κ2) is 2.35. The average Bonchev–Trinajstić information content (AvgIpc) is 1.64. The van der Waals surface area contributed by atoms with E-state index in [1.807, 2.05) is 0 Å². The fraction of sp³-hybridized carbons (Fsp3) is 0.400. The van der Waals surface area contributed by atoms with Crippen LogP contribution in [0.4, 0.5) is 0 Å². The molecule has 0 aliphatic carbocycles. The third-order valence-electron chi connectivity index (χ3n) is 0.769. The lowest BCUT2D eigenvalue weighted by atomic mass is 10.3. The van der Waals surface area contributed by atoms with Crippen molar-refractivity contribution in [1.82, 2.24) is 0 Å². The minimum Gasteiger partial charge on any atom is -0.477 e. The molecule has 0 bridgehead atoms. The number of allylic oxidation sites excluding steroid dienone is 1. The van der Waals surface area contributed by atoms with Gasteiger partial charge in [-0.15, -0.1) is 0 Å². The number of carboxylic acid groups (broad SMARTS) is 1. The first kappa shape index (κ1) is 7.01. The van der Waals surface area contributed by atoms with Crippen molar-refractivity contribution in [2.24, 2.45) is 5.73 Å². The molecule has 0 heterocycles. The van der Waals surface area contributed by atoms with Gasteiger partial charge in [0.25, 0.3) is 0 Å². The lowest BCUT2D eigenvalue weighted by Gasteiger charge is -1.92. The number of hydrogen-bond acceptors (Lipinski definition) is 2. The summed E-state index contributed by atoms with van der Waals surface area (Å²) in [5.74, 6) is -1.05. The van der Waals surface area contributed by atoms with Gasteiger partial charge in [0.2, 0.25) is 0 Å². The Hall–Kier alpha value is -0.990. The van der Waals surface area contributed by atoms with Gasteiger partial charge in [-0.05, 0) is 19.4 Å². The van der Waals surface area contributed by atoms with Crippen molar-refractivity contribution < 1.29 is 9.90 Å². The van der Waals surface area contributed by atoms with E-state index in [1.54, 1.807) is 13.8 Å². The summed E-state index contributed by atoms with van der Waals surface area (Å²) in [6, 6.07) is 0. The highest BCUT2D eigenvalue weighted by molar-refractivity contribution is 5.86. The molecule has 0 rings (SSSR count). The van der Waals surface area contributed by atoms with Crippen molar-refractivity contribution in [3.63, 3.8) is 0 Å². The van der Waals surface area contributed by atoms with E-state index in [-0.39, 0.29) is 5.70 Å². The zero-order valence-corrected chi connectivity index (χ0v) is 4.93. The van der Waals surface area contributed by atoms with Crippen LogP contribution in [-0.4, -0.2) is 11.1 Å². The Morgan fingerprint density at radius 3 is 1.88 bits per heavy atom. The normalized spacial score (nSPS) is 8.25. The molecule has 3 heteroatoms. The van der Waals surface area contributed by atoms with Crippen molar-refractivity contribution in [2.75, 3.05) is 0 Å². The summed E-state index contributed by atoms with van der Waals surface area (Å²) in [6.07, 6.45) is 0. The first-order chi connectivity index (χ1) is 3.55. The van der Waals surface area contributed by atoms with Crippen molar-refractivity contribution in [2.45, 2.75) is 13.8 Å². The fourth-order valence-electron chi connectivity index (χ4n) is 0.214. The molecular weight excluding hydrogens is 106 g/mol. The van der Waals surface area contributed by atoms with Crippen molar-refractivity contribution in [3.05, 3.63) is 11.3 Å². The van der Waals surface area contributed by atoms with Gasteiger partial charge in [-0.25, -0.2) is 4.79 Å². The van der Waals surface area contributed by atoms with E-state index in [2.05, 4.69) is 0 Å². The highest BCUT2D eigenvalue weighted by Gasteiger charge is 2.00. The van der Waals surface area contributed by atoms with Gasteiger partial charge >= 0.3 is 5.97 Å². The minimum atomic E-state index is -1.05. The highest BCUT2D eigenvalue weighted by atomic mass is 16.4. The zero-order chi connectivity index (χ0) is 6.73. The molecule has 0 saturated carbocycles. The number of rotatable bonds is 1. The van der Waals surface area contributed by atoms with Gasteiger partial charge in [-0.2, -0.15) is 0 Å². The maximum Gasteiger partial charge on any atom is 0.351 e. The standard InChI is InChI=1S/C5H9NO2/c1-3(2)4(6)5(7)8/h6H2,1-2H3,(H,7,8). The molecule has 0 aromatic rings. The van der Waals surface area contributed by atoms with Crippen molar-refractivity contribution >= 4 is 5.97 Å². The van der Waals surface area contributed by atoms with Gasteiger partial charge in [-0.3, -0.25) is 0 Å². The minimum absolute atomic E-state index is 0.0648. The van der Waals surface area contributed by atoms with Crippen LogP contribution in [0.3, 0.4) is 0 Å². The predicted octanol–water partition coefficient (Wildman–Crippen LogP) is 0.324. The molecule has 46 valence electrons. The van der Waals surface area contributed by atoms with Gasteiger partial charge in [0, 0.05) is 0 Å². The second-order valence-corrected chi connectivity index (χ2v) is 1.72. The molecular formula is C5H9NO2. The third-order valence-corrected chi connectivity index (χ3v) is 0.769. The fourth-order valence-corrected chi connectivity index (χ4v) is 0.214. The number of aliphatic carboxylic acids is 1. The van der Waals surface area contributed by atoms with E-state index in [0.29, 0.717) is 5.57 Å². The summed E-state index contributed by atoms with van der Waals surface area (Å²) in [7, 11) is 0. The third kappa shape index (κ3) is 1.64. The molecule has 0 aromatic heterocycles. The average molecular weight is 115 g/mol. The summed E-state index contributed by atoms with van der Waals surface area (Å²) in [6.45, 7) is 3.31. The Balaban J connectivity index is 4.23. The SMILES string of the molecule is CC(C)=C(N)C(=O)O. The Labute approximate surface area is 47.8 Å². The van der Waals surface area contributed by atoms with Gasteiger partial charge in [0.15, 0.2) is 0 Å². The second-order valence-electron chi connectivity index (χ2n) is 1.72. The molecule has 0 aliphatic rings. The first-order valence-corrected chi connectivity index (χ1v) is 2.22. The number of carbonyl (C=O) groups is 1. The summed E-state index contributed by atoms with van der Waals surface area (Å²) < 4.78 is 0. The smallest absolute Gasteiger partial charge is 0.351 e. The van der Waals surface area contributed by atoms with Crippen LogP contribution in [0.15, 0.2) is 11.3 Å². The summed E-state index contributed by atoms with van der Waals surface area (Å²) in [4.78, 5) is 9.96. The number of nitrogens with two attached hydrogens (primary N) is 1. The molecule has 0 aromatic carbocycles. The Kier molecular flexibility index (Phi) is 2.06. The van der Waals surface area contributed by atoms with E-state index in [1.165, 1.54) is 0 Å². The molecule has 0 radical (unpaired) electrons. The largest absolute Gasteiger partial charge is 0.477 e. The lowest BCUT2D eigenvalue weighted by Crippen LogP contribution is -2.11. The van der Waals surface area contributed by atoms with E-state index in [4.69, 9.17) is 10.8 Å². The van der Waals surface area contributed by atoms with Crippen LogP contribution < -0.4 is 5.73 Å². The molecule has 8 heavy (non-hydrogen) atoms. The van der Waals surface area contributed by atoms with Gasteiger partial charge in [-0.1, -0.05) is 0 Å². The van der Waals surface area contributed by atoms with Gasteiger partial charge < -0.3 is 10.8 Å². The lowest BCUT2D eigenvalue weighted by molar-refractivity contribution is -0.132. The monoisotopic (exact) mass is 115 g/mol. The molecule has 3 nitrogen and oxygen atoms in total. The van der Waals surface area contributed by atoms with E-state index >= 15 is 0 Å². The molecule has 0 aliphatic heterocycles. The summed E-state index contributed by atoms with van der Waals surface area (Å²) >= 11 is 0. The maximum atomic E-state index is 9.96. The van der Waals surface area contributed by atoms with Gasteiger partial charge in [0.1, 0.15) is 5.70 Å². The zero-order valence-electron chi connectivity index (χ0n) is 4.93. The van der Waals surface area contributed by atoms with Crippen LogP contribution >= 0.6 is 0 Å². The number of carboxylic acids is 1. The van der Waals surface area contributed by atoms with Gasteiger partial charge in [0.05, 0.1) is 0 Å². The molecule has 0 spiro atoms. The van der Waals surface area contributed by atoms with Crippen LogP contribution in [0.5, 0.6) is 0 Å². The van der Waals surface area contributed by atoms with E-state index < -0.39 is 5.97 Å². The Morgan fingerprint density at radius 2 is 1.88 bits per heavy atom. The van der Waals surface area contributed by atoms with Crippen molar-refractivity contribution in [1.29, 1.82) is 0 Å². The predicted molar refractivity (Wildman–Crippen MR) is 30.2 cm³/mol. The molecule has 0 atom stereocenters. The topological polar surface area (TPSA) is 63.3 Å². The first-order valence-electron chi connectivity index (χ1n) is 2.22. The van der Waals surface area contributed by atoms with E-state index in [9.17, 15) is 4.79 Å². The molecule has 0 saturated heterocycles. The summed E-state index contributed by atoms with van der Waals surface area (Å²) in [5, 5.41) is 8.17. The van der Waals surface area contributed by atoms with Crippen LogP contribution in [0.25, 0.3) is 0 Å².